The van der Waals surface area contributed by atoms with Gasteiger partial charge in [-0.15, -0.1) is 0 Å². The summed E-state index contributed by atoms with van der Waals surface area (Å²) in [5, 5.41) is 4.49. The van der Waals surface area contributed by atoms with Crippen molar-refractivity contribution in [2.24, 2.45) is 0 Å². The minimum atomic E-state index is -0.247. The number of halogens is 1. The van der Waals surface area contributed by atoms with Crippen LogP contribution in [0.1, 0.15) is 30.0 Å². The number of anilines is 1. The van der Waals surface area contributed by atoms with Crippen LogP contribution >= 0.6 is 0 Å². The van der Waals surface area contributed by atoms with Crippen molar-refractivity contribution in [3.8, 4) is 5.82 Å². The summed E-state index contributed by atoms with van der Waals surface area (Å²) in [5.74, 6) is 1.22. The van der Waals surface area contributed by atoms with E-state index < -0.39 is 0 Å². The second-order valence-corrected chi connectivity index (χ2v) is 6.97. The second kappa shape index (κ2) is 7.08. The van der Waals surface area contributed by atoms with Gasteiger partial charge in [-0.3, -0.25) is 4.98 Å². The van der Waals surface area contributed by atoms with Crippen molar-refractivity contribution in [2.75, 3.05) is 18.0 Å². The summed E-state index contributed by atoms with van der Waals surface area (Å²) in [7, 11) is 0. The Morgan fingerprint density at radius 1 is 1.07 bits per heavy atom. The van der Waals surface area contributed by atoms with E-state index in [1.807, 2.05) is 26.8 Å². The molecule has 7 heteroatoms. The Kier molecular flexibility index (Phi) is 4.61. The van der Waals surface area contributed by atoms with Crippen molar-refractivity contribution in [3.05, 3.63) is 65.5 Å². The lowest BCUT2D eigenvalue weighted by atomic mass is 10.1. The highest BCUT2D eigenvalue weighted by atomic mass is 19.1. The van der Waals surface area contributed by atoms with Gasteiger partial charge in [0.2, 0.25) is 0 Å². The molecule has 6 nitrogen and oxygen atoms in total. The lowest BCUT2D eigenvalue weighted by molar-refractivity contribution is -0.0176. The first-order chi connectivity index (χ1) is 13.0. The summed E-state index contributed by atoms with van der Waals surface area (Å²) >= 11 is 0. The predicted octanol–water partition coefficient (Wildman–Crippen LogP) is 3.38. The summed E-state index contributed by atoms with van der Waals surface area (Å²) in [6.07, 6.45) is 3.35. The highest BCUT2D eigenvalue weighted by Gasteiger charge is 2.27. The topological polar surface area (TPSA) is 56.1 Å². The summed E-state index contributed by atoms with van der Waals surface area (Å²) in [4.78, 5) is 11.3. The van der Waals surface area contributed by atoms with Crippen molar-refractivity contribution < 1.29 is 9.13 Å². The Morgan fingerprint density at radius 2 is 1.81 bits per heavy atom. The number of morpholine rings is 1. The number of rotatable bonds is 3. The van der Waals surface area contributed by atoms with Gasteiger partial charge in [-0.25, -0.2) is 14.1 Å². The van der Waals surface area contributed by atoms with Gasteiger partial charge in [0.05, 0.1) is 24.2 Å². The number of aryl methyl sites for hydroxylation is 2. The Balaban J connectivity index is 1.61. The van der Waals surface area contributed by atoms with Crippen LogP contribution < -0.4 is 4.90 Å². The zero-order valence-corrected chi connectivity index (χ0v) is 15.6. The average Bonchev–Trinajstić information content (AvgIpc) is 3.00. The van der Waals surface area contributed by atoms with E-state index in [1.165, 1.54) is 12.1 Å². The molecule has 1 fully saturated rings. The molecule has 0 amide bonds. The molecule has 1 aromatic carbocycles. The van der Waals surface area contributed by atoms with Gasteiger partial charge in [0.1, 0.15) is 17.7 Å². The molecule has 140 valence electrons. The summed E-state index contributed by atoms with van der Waals surface area (Å²) < 4.78 is 21.1. The molecule has 1 aliphatic rings. The van der Waals surface area contributed by atoms with Gasteiger partial charge >= 0.3 is 0 Å². The van der Waals surface area contributed by atoms with E-state index in [4.69, 9.17) is 9.72 Å². The van der Waals surface area contributed by atoms with E-state index in [2.05, 4.69) is 15.0 Å². The zero-order chi connectivity index (χ0) is 19.0. The highest BCUT2D eigenvalue weighted by molar-refractivity contribution is 5.41. The number of hydrogen-bond acceptors (Lipinski definition) is 5. The molecule has 0 spiro atoms. The first-order valence-corrected chi connectivity index (χ1v) is 9.01. The van der Waals surface area contributed by atoms with Gasteiger partial charge in [-0.2, -0.15) is 5.10 Å². The monoisotopic (exact) mass is 367 g/mol. The SMILES string of the molecule is Cc1cc(C)n(-c2cncc(N3CC(C)OC(c4ccc(F)cc4)C3)n2)n1. The first kappa shape index (κ1) is 17.6. The van der Waals surface area contributed by atoms with Crippen LogP contribution in [0.3, 0.4) is 0 Å². The third-order valence-corrected chi connectivity index (χ3v) is 4.66. The number of nitrogens with zero attached hydrogens (tertiary/aromatic N) is 5. The molecule has 0 N–H and O–H groups in total. The Morgan fingerprint density at radius 3 is 2.52 bits per heavy atom. The van der Waals surface area contributed by atoms with E-state index in [1.54, 1.807) is 29.2 Å². The van der Waals surface area contributed by atoms with E-state index in [9.17, 15) is 4.39 Å². The van der Waals surface area contributed by atoms with Gasteiger partial charge in [-0.1, -0.05) is 12.1 Å². The molecule has 0 radical (unpaired) electrons. The van der Waals surface area contributed by atoms with Crippen LogP contribution in [-0.4, -0.2) is 38.9 Å². The largest absolute Gasteiger partial charge is 0.367 e. The number of ether oxygens (including phenoxy) is 1. The van der Waals surface area contributed by atoms with E-state index >= 15 is 0 Å². The summed E-state index contributed by atoms with van der Waals surface area (Å²) in [6.45, 7) is 7.33. The summed E-state index contributed by atoms with van der Waals surface area (Å²) in [6, 6.07) is 8.48. The molecule has 1 aliphatic heterocycles. The first-order valence-electron chi connectivity index (χ1n) is 9.01. The molecule has 3 heterocycles. The normalized spacial score (nSPS) is 20.1. The molecule has 2 atom stereocenters. The smallest absolute Gasteiger partial charge is 0.174 e. The number of benzene rings is 1. The average molecular weight is 367 g/mol. The van der Waals surface area contributed by atoms with Gasteiger partial charge in [0, 0.05) is 18.8 Å². The van der Waals surface area contributed by atoms with Crippen LogP contribution in [0.15, 0.2) is 42.7 Å². The maximum Gasteiger partial charge on any atom is 0.174 e. The van der Waals surface area contributed by atoms with Crippen molar-refractivity contribution in [2.45, 2.75) is 33.0 Å². The third-order valence-electron chi connectivity index (χ3n) is 4.66. The van der Waals surface area contributed by atoms with Gasteiger partial charge in [0.25, 0.3) is 0 Å². The van der Waals surface area contributed by atoms with Crippen LogP contribution in [0.5, 0.6) is 0 Å². The van der Waals surface area contributed by atoms with Crippen LogP contribution in [0.2, 0.25) is 0 Å². The van der Waals surface area contributed by atoms with Crippen LogP contribution in [-0.2, 0) is 4.74 Å². The maximum atomic E-state index is 13.2. The molecule has 1 saturated heterocycles. The number of aromatic nitrogens is 4. The van der Waals surface area contributed by atoms with Gasteiger partial charge in [0.15, 0.2) is 5.82 Å². The van der Waals surface area contributed by atoms with Gasteiger partial charge in [-0.05, 0) is 44.5 Å². The summed E-state index contributed by atoms with van der Waals surface area (Å²) in [5.41, 5.74) is 2.91. The molecule has 0 aliphatic carbocycles. The Hall–Kier alpha value is -2.80. The molecule has 2 aromatic heterocycles. The molecular weight excluding hydrogens is 345 g/mol. The predicted molar refractivity (Wildman–Crippen MR) is 101 cm³/mol. The molecule has 3 aromatic rings. The zero-order valence-electron chi connectivity index (χ0n) is 15.6. The minimum absolute atomic E-state index is 0.0212. The Bertz CT molecular complexity index is 940. The molecule has 0 bridgehead atoms. The van der Waals surface area contributed by atoms with Crippen molar-refractivity contribution >= 4 is 5.82 Å². The maximum absolute atomic E-state index is 13.2. The quantitative estimate of drug-likeness (QED) is 0.710. The third kappa shape index (κ3) is 3.68. The van der Waals surface area contributed by atoms with E-state index in [0.29, 0.717) is 18.9 Å². The molecule has 27 heavy (non-hydrogen) atoms. The Labute approximate surface area is 157 Å². The highest BCUT2D eigenvalue weighted by Crippen LogP contribution is 2.28. The second-order valence-electron chi connectivity index (χ2n) is 6.97. The van der Waals surface area contributed by atoms with Gasteiger partial charge < -0.3 is 9.64 Å². The van der Waals surface area contributed by atoms with Crippen molar-refractivity contribution in [1.82, 2.24) is 19.7 Å². The van der Waals surface area contributed by atoms with Crippen LogP contribution in [0, 0.1) is 19.7 Å². The standard InChI is InChI=1S/C20H22FN5O/c1-13-8-14(2)26(24-13)20-10-22-9-19(23-20)25-11-15(3)27-18(12-25)16-4-6-17(21)7-5-16/h4-10,15,18H,11-12H2,1-3H3. The van der Waals surface area contributed by atoms with Crippen molar-refractivity contribution in [1.29, 1.82) is 0 Å². The van der Waals surface area contributed by atoms with Crippen LogP contribution in [0.4, 0.5) is 10.2 Å². The molecular formula is C20H22FN5O. The lowest BCUT2D eigenvalue weighted by Crippen LogP contribution is -2.43. The number of hydrogen-bond donors (Lipinski definition) is 0. The molecule has 2 unspecified atom stereocenters. The fourth-order valence-electron chi connectivity index (χ4n) is 3.46. The molecule has 0 saturated carbocycles. The van der Waals surface area contributed by atoms with Crippen LogP contribution in [0.25, 0.3) is 5.82 Å². The fraction of sp³-hybridized carbons (Fsp3) is 0.350. The fourth-order valence-corrected chi connectivity index (χ4v) is 3.46. The van der Waals surface area contributed by atoms with Crippen molar-refractivity contribution in [3.63, 3.8) is 0 Å². The molecule has 4 rings (SSSR count). The lowest BCUT2D eigenvalue weighted by Gasteiger charge is -2.37. The van der Waals surface area contributed by atoms with E-state index in [0.717, 1.165) is 22.8 Å². The van der Waals surface area contributed by atoms with E-state index in [-0.39, 0.29) is 18.0 Å². The minimum Gasteiger partial charge on any atom is -0.367 e.